The number of benzene rings is 1. The fourth-order valence-electron chi connectivity index (χ4n) is 4.83. The molecule has 1 atom stereocenters. The van der Waals surface area contributed by atoms with Crippen LogP contribution in [0.25, 0.3) is 11.3 Å². The van der Waals surface area contributed by atoms with Gasteiger partial charge in [-0.2, -0.15) is 10.4 Å². The molecule has 4 rings (SSSR count). The van der Waals surface area contributed by atoms with Crippen molar-refractivity contribution in [3.8, 4) is 17.3 Å². The number of aromatic nitrogens is 4. The zero-order valence-corrected chi connectivity index (χ0v) is 20.9. The highest BCUT2D eigenvalue weighted by Crippen LogP contribution is 2.40. The number of nitriles is 1. The lowest BCUT2D eigenvalue weighted by molar-refractivity contribution is -0.170. The maximum atomic E-state index is 10.1. The minimum absolute atomic E-state index is 0.0730. The number of rotatable bonds is 7. The number of ether oxygens (including phenoxy) is 1. The van der Waals surface area contributed by atoms with Crippen molar-refractivity contribution in [1.29, 1.82) is 5.26 Å². The molecule has 3 aromatic rings. The zero-order chi connectivity index (χ0) is 25.2. The van der Waals surface area contributed by atoms with Crippen molar-refractivity contribution in [2.24, 2.45) is 0 Å². The van der Waals surface area contributed by atoms with Gasteiger partial charge < -0.3 is 15.2 Å². The van der Waals surface area contributed by atoms with E-state index in [1.807, 2.05) is 48.1 Å². The number of anilines is 2. The second-order valence-corrected chi connectivity index (χ2v) is 10.3. The highest BCUT2D eigenvalue weighted by molar-refractivity contribution is 5.65. The lowest BCUT2D eigenvalue weighted by atomic mass is 9.85. The fourth-order valence-corrected chi connectivity index (χ4v) is 4.83. The summed E-state index contributed by atoms with van der Waals surface area (Å²) in [4.78, 5) is 9.18. The van der Waals surface area contributed by atoms with Crippen LogP contribution >= 0.6 is 0 Å². The fraction of sp³-hybridized carbons (Fsp3) is 0.462. The van der Waals surface area contributed by atoms with Crippen LogP contribution < -0.4 is 10.6 Å². The maximum Gasteiger partial charge on any atom is 0.227 e. The summed E-state index contributed by atoms with van der Waals surface area (Å²) in [7, 11) is 0. The van der Waals surface area contributed by atoms with Gasteiger partial charge in [-0.05, 0) is 58.6 Å². The molecule has 1 unspecified atom stereocenters. The molecule has 1 aromatic carbocycles. The SMILES string of the molecule is Cc1cnc(Nc2cnn(C3CC(C)(C)OC(C)(C)C3)c2)nc1-c1ccc(C(O)NCC#N)cc1. The van der Waals surface area contributed by atoms with E-state index < -0.39 is 6.23 Å². The first-order valence-corrected chi connectivity index (χ1v) is 11.8. The maximum absolute atomic E-state index is 10.1. The van der Waals surface area contributed by atoms with Crippen LogP contribution in [0.3, 0.4) is 0 Å². The van der Waals surface area contributed by atoms with E-state index in [0.29, 0.717) is 11.5 Å². The Morgan fingerprint density at radius 1 is 1.17 bits per heavy atom. The second-order valence-electron chi connectivity index (χ2n) is 10.3. The van der Waals surface area contributed by atoms with E-state index in [1.54, 1.807) is 12.4 Å². The van der Waals surface area contributed by atoms with Crippen LogP contribution in [0, 0.1) is 18.3 Å². The quantitative estimate of drug-likeness (QED) is 0.339. The molecule has 9 heteroatoms. The summed E-state index contributed by atoms with van der Waals surface area (Å²) in [6.07, 6.45) is 6.46. The summed E-state index contributed by atoms with van der Waals surface area (Å²) in [6.45, 7) is 10.5. The van der Waals surface area contributed by atoms with E-state index in [-0.39, 0.29) is 23.8 Å². The molecule has 1 fully saturated rings. The van der Waals surface area contributed by atoms with Gasteiger partial charge in [-0.1, -0.05) is 24.3 Å². The van der Waals surface area contributed by atoms with Crippen molar-refractivity contribution < 1.29 is 9.84 Å². The van der Waals surface area contributed by atoms with Gasteiger partial charge >= 0.3 is 0 Å². The molecule has 1 aliphatic heterocycles. The standard InChI is InChI=1S/C26H33N7O2/c1-17-14-29-24(32-22(17)18-6-8-19(9-7-18)23(34)28-11-10-27)31-20-15-30-33(16-20)21-12-25(2,3)35-26(4,5)13-21/h6-9,14-16,21,23,28,34H,11-13H2,1-5H3,(H,29,31,32). The molecule has 184 valence electrons. The van der Waals surface area contributed by atoms with Gasteiger partial charge in [-0.15, -0.1) is 0 Å². The van der Waals surface area contributed by atoms with Gasteiger partial charge in [0, 0.05) is 18.0 Å². The normalized spacial score (nSPS) is 18.1. The smallest absolute Gasteiger partial charge is 0.227 e. The summed E-state index contributed by atoms with van der Waals surface area (Å²) in [5.74, 6) is 0.484. The van der Waals surface area contributed by atoms with Gasteiger partial charge in [0.25, 0.3) is 0 Å². The average molecular weight is 476 g/mol. The van der Waals surface area contributed by atoms with Gasteiger partial charge in [0.05, 0.1) is 47.4 Å². The summed E-state index contributed by atoms with van der Waals surface area (Å²) in [6, 6.07) is 9.65. The predicted molar refractivity (Wildman–Crippen MR) is 134 cm³/mol. The third-order valence-corrected chi connectivity index (χ3v) is 6.08. The van der Waals surface area contributed by atoms with Crippen molar-refractivity contribution >= 4 is 11.6 Å². The molecule has 2 aromatic heterocycles. The molecule has 0 spiro atoms. The molecule has 0 radical (unpaired) electrons. The Labute approximate surface area is 206 Å². The molecule has 0 aliphatic carbocycles. The molecule has 1 aliphatic rings. The van der Waals surface area contributed by atoms with E-state index in [1.165, 1.54) is 0 Å². The van der Waals surface area contributed by atoms with Crippen LogP contribution in [-0.4, -0.2) is 42.6 Å². The van der Waals surface area contributed by atoms with Crippen LogP contribution in [-0.2, 0) is 4.74 Å². The second kappa shape index (κ2) is 9.74. The minimum Gasteiger partial charge on any atom is -0.374 e. The van der Waals surface area contributed by atoms with E-state index in [2.05, 4.69) is 48.4 Å². The van der Waals surface area contributed by atoms with Crippen molar-refractivity contribution in [3.63, 3.8) is 0 Å². The third kappa shape index (κ3) is 6.03. The number of nitrogens with zero attached hydrogens (tertiary/aromatic N) is 5. The Morgan fingerprint density at radius 2 is 1.86 bits per heavy atom. The lowest BCUT2D eigenvalue weighted by Gasteiger charge is -2.45. The van der Waals surface area contributed by atoms with E-state index in [4.69, 9.17) is 15.0 Å². The first-order valence-electron chi connectivity index (χ1n) is 11.8. The van der Waals surface area contributed by atoms with Crippen molar-refractivity contribution in [1.82, 2.24) is 25.1 Å². The summed E-state index contributed by atoms with van der Waals surface area (Å²) < 4.78 is 8.22. The van der Waals surface area contributed by atoms with E-state index in [9.17, 15) is 5.11 Å². The van der Waals surface area contributed by atoms with Crippen LogP contribution in [0.15, 0.2) is 42.9 Å². The Bertz CT molecular complexity index is 1200. The van der Waals surface area contributed by atoms with E-state index >= 15 is 0 Å². The Balaban J connectivity index is 1.49. The summed E-state index contributed by atoms with van der Waals surface area (Å²) in [5.41, 5.74) is 3.73. The Morgan fingerprint density at radius 3 is 2.51 bits per heavy atom. The van der Waals surface area contributed by atoms with Crippen LogP contribution in [0.1, 0.15) is 63.9 Å². The molecule has 0 amide bonds. The van der Waals surface area contributed by atoms with Crippen molar-refractivity contribution in [3.05, 3.63) is 54.0 Å². The highest BCUT2D eigenvalue weighted by atomic mass is 16.5. The Hall–Kier alpha value is -3.32. The monoisotopic (exact) mass is 475 g/mol. The van der Waals surface area contributed by atoms with Crippen LogP contribution in [0.5, 0.6) is 0 Å². The molecule has 35 heavy (non-hydrogen) atoms. The molecule has 1 saturated heterocycles. The first kappa shape index (κ1) is 24.8. The number of aliphatic hydroxyl groups is 1. The number of aliphatic hydroxyl groups excluding tert-OH is 1. The third-order valence-electron chi connectivity index (χ3n) is 6.08. The van der Waals surface area contributed by atoms with Crippen molar-refractivity contribution in [2.75, 3.05) is 11.9 Å². The predicted octanol–water partition coefficient (Wildman–Crippen LogP) is 4.40. The van der Waals surface area contributed by atoms with Gasteiger partial charge in [0.2, 0.25) is 5.95 Å². The van der Waals surface area contributed by atoms with Gasteiger partial charge in [0.15, 0.2) is 0 Å². The number of hydrogen-bond acceptors (Lipinski definition) is 8. The molecule has 3 heterocycles. The molecule has 0 saturated carbocycles. The minimum atomic E-state index is -0.893. The van der Waals surface area contributed by atoms with Crippen LogP contribution in [0.4, 0.5) is 11.6 Å². The number of aryl methyl sites for hydroxylation is 1. The van der Waals surface area contributed by atoms with Crippen molar-refractivity contribution in [2.45, 2.75) is 70.9 Å². The number of nitrogens with one attached hydrogen (secondary N) is 2. The highest BCUT2D eigenvalue weighted by Gasteiger charge is 2.40. The molecular weight excluding hydrogens is 442 g/mol. The zero-order valence-electron chi connectivity index (χ0n) is 20.9. The number of hydrogen-bond donors (Lipinski definition) is 3. The lowest BCUT2D eigenvalue weighted by Crippen LogP contribution is -2.45. The van der Waals surface area contributed by atoms with Gasteiger partial charge in [-0.3, -0.25) is 10.00 Å². The first-order chi connectivity index (χ1) is 16.5. The average Bonchev–Trinajstić information content (AvgIpc) is 3.25. The van der Waals surface area contributed by atoms with Gasteiger partial charge in [0.1, 0.15) is 6.23 Å². The van der Waals surface area contributed by atoms with Gasteiger partial charge in [-0.25, -0.2) is 9.97 Å². The molecule has 3 N–H and O–H groups in total. The largest absolute Gasteiger partial charge is 0.374 e. The molecular formula is C26H33N7O2. The summed E-state index contributed by atoms with van der Waals surface area (Å²) in [5, 5.41) is 29.4. The van der Waals surface area contributed by atoms with E-state index in [0.717, 1.165) is 35.3 Å². The molecule has 9 nitrogen and oxygen atoms in total. The van der Waals surface area contributed by atoms with Crippen LogP contribution in [0.2, 0.25) is 0 Å². The topological polar surface area (TPSA) is 121 Å². The summed E-state index contributed by atoms with van der Waals surface area (Å²) >= 11 is 0. The molecule has 0 bridgehead atoms. The Kier molecular flexibility index (Phi) is 6.90.